The minimum absolute atomic E-state index is 0.0886. The standard InChI is InChI=1S/C21H31N3O2/c1-5-15(2)14-24-19(25)17(4)22-21(24)10-12-23(13-11-21)20(26)18-8-6-16(3)7-9-18/h6-9,15,17,22H,5,10-14H2,1-4H3. The number of carbonyl (C=O) groups excluding carboxylic acids is 2. The third-order valence-electron chi connectivity index (χ3n) is 6.01. The van der Waals surface area contributed by atoms with Gasteiger partial charge in [-0.25, -0.2) is 0 Å². The molecular weight excluding hydrogens is 326 g/mol. The predicted octanol–water partition coefficient (Wildman–Crippen LogP) is 2.79. The van der Waals surface area contributed by atoms with Gasteiger partial charge in [0, 0.05) is 38.0 Å². The van der Waals surface area contributed by atoms with Crippen molar-refractivity contribution in [1.82, 2.24) is 15.1 Å². The van der Waals surface area contributed by atoms with Crippen molar-refractivity contribution in [3.8, 4) is 0 Å². The summed E-state index contributed by atoms with van der Waals surface area (Å²) in [5.41, 5.74) is 1.61. The average Bonchev–Trinajstić information content (AvgIpc) is 2.86. The first-order valence-electron chi connectivity index (χ1n) is 9.81. The van der Waals surface area contributed by atoms with Gasteiger partial charge in [0.2, 0.25) is 5.91 Å². The van der Waals surface area contributed by atoms with Crippen LogP contribution in [0.15, 0.2) is 24.3 Å². The lowest BCUT2D eigenvalue weighted by molar-refractivity contribution is -0.133. The molecule has 2 saturated heterocycles. The van der Waals surface area contributed by atoms with E-state index in [9.17, 15) is 9.59 Å². The second-order valence-electron chi connectivity index (χ2n) is 8.02. The van der Waals surface area contributed by atoms with E-state index >= 15 is 0 Å². The molecular formula is C21H31N3O2. The van der Waals surface area contributed by atoms with Crippen molar-refractivity contribution in [2.75, 3.05) is 19.6 Å². The highest BCUT2D eigenvalue weighted by molar-refractivity contribution is 5.94. The SMILES string of the molecule is CCC(C)CN1C(=O)C(C)NC12CCN(C(=O)c1ccc(C)cc1)CC2. The van der Waals surface area contributed by atoms with E-state index in [1.54, 1.807) is 0 Å². The molecule has 0 aliphatic carbocycles. The Morgan fingerprint density at radius 1 is 1.27 bits per heavy atom. The van der Waals surface area contributed by atoms with E-state index in [-0.39, 0.29) is 23.5 Å². The summed E-state index contributed by atoms with van der Waals surface area (Å²) in [4.78, 5) is 29.4. The van der Waals surface area contributed by atoms with E-state index in [2.05, 4.69) is 24.1 Å². The molecule has 1 spiro atoms. The Labute approximate surface area is 156 Å². The second-order valence-corrected chi connectivity index (χ2v) is 8.02. The van der Waals surface area contributed by atoms with Crippen molar-refractivity contribution in [2.45, 2.75) is 58.7 Å². The van der Waals surface area contributed by atoms with E-state index in [0.717, 1.165) is 36.9 Å². The van der Waals surface area contributed by atoms with Gasteiger partial charge in [0.25, 0.3) is 5.91 Å². The number of amides is 2. The van der Waals surface area contributed by atoms with Crippen molar-refractivity contribution in [1.29, 1.82) is 0 Å². The molecule has 2 fully saturated rings. The normalized spacial score (nSPS) is 23.5. The lowest BCUT2D eigenvalue weighted by atomic mass is 9.94. The largest absolute Gasteiger partial charge is 0.338 e. The van der Waals surface area contributed by atoms with Crippen LogP contribution in [-0.2, 0) is 4.79 Å². The van der Waals surface area contributed by atoms with Gasteiger partial charge in [-0.2, -0.15) is 0 Å². The third kappa shape index (κ3) is 3.50. The topological polar surface area (TPSA) is 52.7 Å². The first kappa shape index (κ1) is 18.9. The molecule has 2 unspecified atom stereocenters. The van der Waals surface area contributed by atoms with Crippen LogP contribution in [0.25, 0.3) is 0 Å². The maximum Gasteiger partial charge on any atom is 0.253 e. The van der Waals surface area contributed by atoms with Gasteiger partial charge in [-0.1, -0.05) is 38.0 Å². The summed E-state index contributed by atoms with van der Waals surface area (Å²) in [6.45, 7) is 10.5. The molecule has 2 aliphatic rings. The van der Waals surface area contributed by atoms with E-state index in [0.29, 0.717) is 19.0 Å². The fourth-order valence-corrected chi connectivity index (χ4v) is 4.07. The number of hydrogen-bond acceptors (Lipinski definition) is 3. The van der Waals surface area contributed by atoms with Crippen LogP contribution in [0.4, 0.5) is 0 Å². The highest BCUT2D eigenvalue weighted by Gasteiger charge is 2.50. The molecule has 26 heavy (non-hydrogen) atoms. The van der Waals surface area contributed by atoms with Crippen molar-refractivity contribution in [2.24, 2.45) is 5.92 Å². The quantitative estimate of drug-likeness (QED) is 0.901. The second kappa shape index (κ2) is 7.39. The van der Waals surface area contributed by atoms with Gasteiger partial charge in [0.15, 0.2) is 0 Å². The molecule has 2 amide bonds. The van der Waals surface area contributed by atoms with Crippen LogP contribution < -0.4 is 5.32 Å². The molecule has 5 heteroatoms. The average molecular weight is 357 g/mol. The zero-order valence-electron chi connectivity index (χ0n) is 16.4. The highest BCUT2D eigenvalue weighted by atomic mass is 16.2. The maximum absolute atomic E-state index is 12.8. The number of piperidine rings is 1. The van der Waals surface area contributed by atoms with Crippen LogP contribution >= 0.6 is 0 Å². The molecule has 1 N–H and O–H groups in total. The van der Waals surface area contributed by atoms with Crippen molar-refractivity contribution >= 4 is 11.8 Å². The predicted molar refractivity (Wildman–Crippen MR) is 103 cm³/mol. The Bertz CT molecular complexity index is 662. The summed E-state index contributed by atoms with van der Waals surface area (Å²) in [6, 6.07) is 7.61. The Balaban J connectivity index is 1.70. The Hall–Kier alpha value is -1.88. The number of aryl methyl sites for hydroxylation is 1. The lowest BCUT2D eigenvalue weighted by Crippen LogP contribution is -2.60. The van der Waals surface area contributed by atoms with Gasteiger partial charge >= 0.3 is 0 Å². The summed E-state index contributed by atoms with van der Waals surface area (Å²) in [7, 11) is 0. The van der Waals surface area contributed by atoms with Gasteiger partial charge < -0.3 is 9.80 Å². The molecule has 2 atom stereocenters. The number of nitrogens with one attached hydrogen (secondary N) is 1. The lowest BCUT2D eigenvalue weighted by Gasteiger charge is -2.45. The molecule has 2 aliphatic heterocycles. The van der Waals surface area contributed by atoms with Crippen molar-refractivity contribution < 1.29 is 9.59 Å². The fraction of sp³-hybridized carbons (Fsp3) is 0.619. The molecule has 5 nitrogen and oxygen atoms in total. The van der Waals surface area contributed by atoms with E-state index < -0.39 is 0 Å². The highest BCUT2D eigenvalue weighted by Crippen LogP contribution is 2.33. The molecule has 1 aromatic rings. The smallest absolute Gasteiger partial charge is 0.253 e. The van der Waals surface area contributed by atoms with Gasteiger partial charge in [0.05, 0.1) is 11.7 Å². The Kier molecular flexibility index (Phi) is 5.37. The summed E-state index contributed by atoms with van der Waals surface area (Å²) in [5, 5.41) is 3.54. The first-order chi connectivity index (χ1) is 12.4. The molecule has 1 aromatic carbocycles. The third-order valence-corrected chi connectivity index (χ3v) is 6.01. The Morgan fingerprint density at radius 2 is 1.88 bits per heavy atom. The number of rotatable bonds is 4. The molecule has 0 aromatic heterocycles. The minimum atomic E-state index is -0.288. The van der Waals surface area contributed by atoms with Gasteiger partial charge in [-0.3, -0.25) is 14.9 Å². The molecule has 142 valence electrons. The summed E-state index contributed by atoms with van der Waals surface area (Å²) in [6.07, 6.45) is 2.64. The number of nitrogens with zero attached hydrogens (tertiary/aromatic N) is 2. The van der Waals surface area contributed by atoms with Gasteiger partial charge in [0.1, 0.15) is 0 Å². The van der Waals surface area contributed by atoms with E-state index in [1.165, 1.54) is 0 Å². The van der Waals surface area contributed by atoms with Crippen LogP contribution in [0.1, 0.15) is 56.0 Å². The van der Waals surface area contributed by atoms with E-state index in [1.807, 2.05) is 43.0 Å². The Morgan fingerprint density at radius 3 is 2.46 bits per heavy atom. The fourth-order valence-electron chi connectivity index (χ4n) is 4.07. The molecule has 3 rings (SSSR count). The van der Waals surface area contributed by atoms with Crippen LogP contribution in [0.3, 0.4) is 0 Å². The molecule has 0 bridgehead atoms. The van der Waals surface area contributed by atoms with Crippen molar-refractivity contribution in [3.63, 3.8) is 0 Å². The van der Waals surface area contributed by atoms with Crippen LogP contribution in [0, 0.1) is 12.8 Å². The minimum Gasteiger partial charge on any atom is -0.338 e. The summed E-state index contributed by atoms with van der Waals surface area (Å²) < 4.78 is 0. The summed E-state index contributed by atoms with van der Waals surface area (Å²) in [5.74, 6) is 0.768. The zero-order chi connectivity index (χ0) is 18.9. The molecule has 2 heterocycles. The van der Waals surface area contributed by atoms with Crippen LogP contribution in [0.5, 0.6) is 0 Å². The number of carbonyl (C=O) groups is 2. The van der Waals surface area contributed by atoms with Gasteiger partial charge in [-0.05, 0) is 31.9 Å². The molecule has 0 radical (unpaired) electrons. The number of benzene rings is 1. The maximum atomic E-state index is 12.8. The first-order valence-corrected chi connectivity index (χ1v) is 9.81. The number of likely N-dealkylation sites (tertiary alicyclic amines) is 1. The van der Waals surface area contributed by atoms with Crippen LogP contribution in [0.2, 0.25) is 0 Å². The van der Waals surface area contributed by atoms with E-state index in [4.69, 9.17) is 0 Å². The van der Waals surface area contributed by atoms with Gasteiger partial charge in [-0.15, -0.1) is 0 Å². The monoisotopic (exact) mass is 357 g/mol. The number of hydrogen-bond donors (Lipinski definition) is 1. The van der Waals surface area contributed by atoms with Crippen LogP contribution in [-0.4, -0.2) is 53.0 Å². The van der Waals surface area contributed by atoms with Crippen molar-refractivity contribution in [3.05, 3.63) is 35.4 Å². The zero-order valence-corrected chi connectivity index (χ0v) is 16.4. The summed E-state index contributed by atoms with van der Waals surface area (Å²) >= 11 is 0. The molecule has 0 saturated carbocycles.